The minimum atomic E-state index is -0.0986. The van der Waals surface area contributed by atoms with E-state index in [0.29, 0.717) is 5.02 Å². The van der Waals surface area contributed by atoms with Gasteiger partial charge in [0.15, 0.2) is 0 Å². The highest BCUT2D eigenvalue weighted by Gasteiger charge is 2.50. The molecule has 1 aliphatic carbocycles. The van der Waals surface area contributed by atoms with E-state index in [1.54, 1.807) is 7.11 Å². The van der Waals surface area contributed by atoms with Crippen LogP contribution in [-0.2, 0) is 5.41 Å². The van der Waals surface area contributed by atoms with Crippen molar-refractivity contribution in [1.82, 2.24) is 0 Å². The fourth-order valence-corrected chi connectivity index (χ4v) is 3.11. The van der Waals surface area contributed by atoms with Gasteiger partial charge in [-0.2, -0.15) is 0 Å². The maximum atomic E-state index is 6.57. The fourth-order valence-electron chi connectivity index (χ4n) is 2.93. The predicted octanol–water partition coefficient (Wildman–Crippen LogP) is 4.08. The standard InChI is InChI=1S/C17H18ClNO/c1-20-15-8-7-13(18)11-14(15)16(19)17(9-10-17)12-5-3-2-4-6-12/h2-8,11,16H,9-10,19H2,1H3. The number of rotatable bonds is 4. The second kappa shape index (κ2) is 5.12. The van der Waals surface area contributed by atoms with Gasteiger partial charge in [0.25, 0.3) is 0 Å². The van der Waals surface area contributed by atoms with Crippen LogP contribution in [0.2, 0.25) is 5.02 Å². The summed E-state index contributed by atoms with van der Waals surface area (Å²) in [5.41, 5.74) is 8.89. The van der Waals surface area contributed by atoms with Gasteiger partial charge < -0.3 is 10.5 Å². The maximum absolute atomic E-state index is 6.57. The van der Waals surface area contributed by atoms with Gasteiger partial charge in [0, 0.05) is 22.0 Å². The monoisotopic (exact) mass is 287 g/mol. The molecule has 0 aromatic heterocycles. The van der Waals surface area contributed by atoms with E-state index in [-0.39, 0.29) is 11.5 Å². The first-order valence-electron chi connectivity index (χ1n) is 6.82. The summed E-state index contributed by atoms with van der Waals surface area (Å²) >= 11 is 6.12. The van der Waals surface area contributed by atoms with Crippen molar-refractivity contribution in [3.8, 4) is 5.75 Å². The van der Waals surface area contributed by atoms with E-state index < -0.39 is 0 Å². The van der Waals surface area contributed by atoms with E-state index >= 15 is 0 Å². The molecule has 20 heavy (non-hydrogen) atoms. The minimum absolute atomic E-state index is 0.0270. The van der Waals surface area contributed by atoms with Crippen LogP contribution < -0.4 is 10.5 Å². The molecule has 2 aromatic carbocycles. The normalized spacial score (nSPS) is 17.6. The fraction of sp³-hybridized carbons (Fsp3) is 0.294. The van der Waals surface area contributed by atoms with Crippen molar-refractivity contribution < 1.29 is 4.74 Å². The van der Waals surface area contributed by atoms with Gasteiger partial charge in [-0.1, -0.05) is 41.9 Å². The minimum Gasteiger partial charge on any atom is -0.496 e. The number of benzene rings is 2. The van der Waals surface area contributed by atoms with Gasteiger partial charge in [-0.15, -0.1) is 0 Å². The predicted molar refractivity (Wildman–Crippen MR) is 82.3 cm³/mol. The Morgan fingerprint density at radius 3 is 2.45 bits per heavy atom. The summed E-state index contributed by atoms with van der Waals surface area (Å²) in [5.74, 6) is 0.809. The zero-order valence-corrected chi connectivity index (χ0v) is 12.2. The first-order chi connectivity index (χ1) is 9.67. The van der Waals surface area contributed by atoms with Crippen molar-refractivity contribution in [3.63, 3.8) is 0 Å². The Balaban J connectivity index is 2.01. The van der Waals surface area contributed by atoms with Gasteiger partial charge in [-0.05, 0) is 36.6 Å². The second-order valence-corrected chi connectivity index (χ2v) is 5.82. The van der Waals surface area contributed by atoms with Crippen LogP contribution in [0.5, 0.6) is 5.75 Å². The Morgan fingerprint density at radius 1 is 1.15 bits per heavy atom. The van der Waals surface area contributed by atoms with Crippen molar-refractivity contribution in [3.05, 3.63) is 64.7 Å². The highest BCUT2D eigenvalue weighted by molar-refractivity contribution is 6.30. The number of halogens is 1. The molecule has 0 saturated heterocycles. The van der Waals surface area contributed by atoms with Crippen LogP contribution >= 0.6 is 11.6 Å². The third kappa shape index (κ3) is 2.19. The van der Waals surface area contributed by atoms with Crippen LogP contribution in [0.15, 0.2) is 48.5 Å². The summed E-state index contributed by atoms with van der Waals surface area (Å²) in [6.45, 7) is 0. The lowest BCUT2D eigenvalue weighted by atomic mass is 9.84. The molecule has 0 spiro atoms. The third-order valence-electron chi connectivity index (χ3n) is 4.26. The van der Waals surface area contributed by atoms with Gasteiger partial charge in [0.1, 0.15) is 5.75 Å². The van der Waals surface area contributed by atoms with Crippen LogP contribution in [0, 0.1) is 0 Å². The Kier molecular flexibility index (Phi) is 3.45. The van der Waals surface area contributed by atoms with Crippen molar-refractivity contribution in [2.24, 2.45) is 5.73 Å². The van der Waals surface area contributed by atoms with Crippen molar-refractivity contribution in [1.29, 1.82) is 0 Å². The molecule has 1 aliphatic rings. The molecule has 1 unspecified atom stereocenters. The van der Waals surface area contributed by atoms with E-state index in [1.165, 1.54) is 5.56 Å². The lowest BCUT2D eigenvalue weighted by molar-refractivity contribution is 0.398. The highest BCUT2D eigenvalue weighted by Crippen LogP contribution is 2.56. The van der Waals surface area contributed by atoms with Crippen molar-refractivity contribution in [2.45, 2.75) is 24.3 Å². The molecule has 0 radical (unpaired) electrons. The molecule has 104 valence electrons. The molecule has 0 amide bonds. The number of methoxy groups -OCH3 is 1. The number of ether oxygens (including phenoxy) is 1. The summed E-state index contributed by atoms with van der Waals surface area (Å²) < 4.78 is 5.44. The van der Waals surface area contributed by atoms with Crippen LogP contribution in [0.4, 0.5) is 0 Å². The number of nitrogens with two attached hydrogens (primary N) is 1. The molecule has 2 nitrogen and oxygen atoms in total. The van der Waals surface area contributed by atoms with Crippen LogP contribution in [0.25, 0.3) is 0 Å². The molecular weight excluding hydrogens is 270 g/mol. The molecule has 1 atom stereocenters. The molecule has 0 aliphatic heterocycles. The Hall–Kier alpha value is -1.51. The van der Waals surface area contributed by atoms with Gasteiger partial charge in [0.05, 0.1) is 7.11 Å². The number of hydrogen-bond acceptors (Lipinski definition) is 2. The molecule has 1 fully saturated rings. The largest absolute Gasteiger partial charge is 0.496 e. The topological polar surface area (TPSA) is 35.2 Å². The van der Waals surface area contributed by atoms with E-state index in [0.717, 1.165) is 24.2 Å². The number of hydrogen-bond donors (Lipinski definition) is 1. The van der Waals surface area contributed by atoms with Crippen molar-refractivity contribution in [2.75, 3.05) is 7.11 Å². The lowest BCUT2D eigenvalue weighted by Gasteiger charge is -2.26. The maximum Gasteiger partial charge on any atom is 0.123 e. The zero-order chi connectivity index (χ0) is 14.2. The van der Waals surface area contributed by atoms with Crippen molar-refractivity contribution >= 4 is 11.6 Å². The molecule has 3 rings (SSSR count). The first kappa shape index (κ1) is 13.5. The Bertz CT molecular complexity index is 608. The van der Waals surface area contributed by atoms with E-state index in [2.05, 4.69) is 24.3 Å². The highest BCUT2D eigenvalue weighted by atomic mass is 35.5. The second-order valence-electron chi connectivity index (χ2n) is 5.39. The molecule has 2 aromatic rings. The van der Waals surface area contributed by atoms with E-state index in [1.807, 2.05) is 24.3 Å². The summed E-state index contributed by atoms with van der Waals surface area (Å²) in [6, 6.07) is 16.0. The summed E-state index contributed by atoms with van der Waals surface area (Å²) in [7, 11) is 1.67. The van der Waals surface area contributed by atoms with Gasteiger partial charge in [-0.25, -0.2) is 0 Å². The smallest absolute Gasteiger partial charge is 0.123 e. The molecule has 3 heteroatoms. The lowest BCUT2D eigenvalue weighted by Crippen LogP contribution is -2.26. The average molecular weight is 288 g/mol. The van der Waals surface area contributed by atoms with E-state index in [4.69, 9.17) is 22.1 Å². The molecule has 2 N–H and O–H groups in total. The molecular formula is C17H18ClNO. The molecule has 0 bridgehead atoms. The molecule has 0 heterocycles. The summed E-state index contributed by atoms with van der Waals surface area (Å²) in [6.07, 6.45) is 2.21. The van der Waals surface area contributed by atoms with E-state index in [9.17, 15) is 0 Å². The zero-order valence-electron chi connectivity index (χ0n) is 11.5. The third-order valence-corrected chi connectivity index (χ3v) is 4.49. The summed E-state index contributed by atoms with van der Waals surface area (Å²) in [5, 5.41) is 0.695. The van der Waals surface area contributed by atoms with Gasteiger partial charge in [0.2, 0.25) is 0 Å². The average Bonchev–Trinajstić information content (AvgIpc) is 3.29. The van der Waals surface area contributed by atoms with Gasteiger partial charge >= 0.3 is 0 Å². The Labute approximate surface area is 124 Å². The first-order valence-corrected chi connectivity index (χ1v) is 7.20. The molecule has 1 saturated carbocycles. The SMILES string of the molecule is COc1ccc(Cl)cc1C(N)C1(c2ccccc2)CC1. The quantitative estimate of drug-likeness (QED) is 0.919. The summed E-state index contributed by atoms with van der Waals surface area (Å²) in [4.78, 5) is 0. The van der Waals surface area contributed by atoms with Gasteiger partial charge in [-0.3, -0.25) is 0 Å². The Morgan fingerprint density at radius 2 is 1.85 bits per heavy atom. The van der Waals surface area contributed by atoms with Crippen LogP contribution in [-0.4, -0.2) is 7.11 Å². The van der Waals surface area contributed by atoms with Crippen LogP contribution in [0.3, 0.4) is 0 Å². The van der Waals surface area contributed by atoms with Crippen LogP contribution in [0.1, 0.15) is 30.0 Å².